The van der Waals surface area contributed by atoms with Crippen molar-refractivity contribution >= 4 is 23.7 Å². The number of rotatable bonds is 9. The zero-order valence-corrected chi connectivity index (χ0v) is 21.9. The molecule has 0 aromatic heterocycles. The number of anilines is 1. The van der Waals surface area contributed by atoms with Gasteiger partial charge in [0.05, 0.1) is 36.2 Å². The Bertz CT molecular complexity index is 1370. The van der Waals surface area contributed by atoms with Crippen molar-refractivity contribution < 1.29 is 32.6 Å². The number of esters is 1. The fourth-order valence-corrected chi connectivity index (χ4v) is 4.66. The highest BCUT2D eigenvalue weighted by molar-refractivity contribution is 6.01. The maximum absolute atomic E-state index is 14.2. The molecule has 0 spiro atoms. The van der Waals surface area contributed by atoms with Gasteiger partial charge in [-0.25, -0.2) is 28.1 Å². The van der Waals surface area contributed by atoms with E-state index in [2.05, 4.69) is 26.9 Å². The number of nitriles is 1. The summed E-state index contributed by atoms with van der Waals surface area (Å²) in [5.74, 6) is -3.22. The Morgan fingerprint density at radius 2 is 1.88 bits per heavy atom. The lowest BCUT2D eigenvalue weighted by molar-refractivity contribution is -0.137. The number of amides is 4. The van der Waals surface area contributed by atoms with Crippen LogP contribution >= 0.6 is 0 Å². The van der Waals surface area contributed by atoms with E-state index in [0.29, 0.717) is 25.2 Å². The van der Waals surface area contributed by atoms with E-state index in [1.54, 1.807) is 6.07 Å². The molecule has 210 valence electrons. The smallest absolute Gasteiger partial charge is 0.338 e. The second-order valence-electron chi connectivity index (χ2n) is 9.11. The van der Waals surface area contributed by atoms with Crippen LogP contribution in [0.5, 0.6) is 0 Å². The summed E-state index contributed by atoms with van der Waals surface area (Å²) in [6, 6.07) is 9.33. The number of hydrogen-bond acceptors (Lipinski definition) is 8. The van der Waals surface area contributed by atoms with Gasteiger partial charge in [-0.2, -0.15) is 5.26 Å². The van der Waals surface area contributed by atoms with Crippen LogP contribution in [0.15, 0.2) is 53.7 Å². The zero-order chi connectivity index (χ0) is 28.8. The van der Waals surface area contributed by atoms with Crippen LogP contribution in [0.25, 0.3) is 0 Å². The van der Waals surface area contributed by atoms with Crippen LogP contribution in [0.2, 0.25) is 0 Å². The number of urea groups is 2. The van der Waals surface area contributed by atoms with E-state index in [-0.39, 0.29) is 36.0 Å². The molecule has 13 heteroatoms. The topological polar surface area (TPSA) is 136 Å². The lowest BCUT2D eigenvalue weighted by Gasteiger charge is -2.42. The number of imide groups is 1. The van der Waals surface area contributed by atoms with Crippen molar-refractivity contribution in [3.05, 3.63) is 76.5 Å². The molecule has 1 atom stereocenters. The molecule has 4 amide bonds. The second-order valence-corrected chi connectivity index (χ2v) is 9.11. The highest BCUT2D eigenvalue weighted by atomic mass is 19.2. The molecule has 0 unspecified atom stereocenters. The Hall–Kier alpha value is -4.54. The number of methoxy groups -OCH3 is 2. The number of ether oxygens (including phenoxy) is 2. The van der Waals surface area contributed by atoms with Gasteiger partial charge in [0, 0.05) is 39.3 Å². The normalized spacial score (nSPS) is 17.2. The first-order chi connectivity index (χ1) is 19.3. The summed E-state index contributed by atoms with van der Waals surface area (Å²) in [7, 11) is 2.46. The second kappa shape index (κ2) is 12.5. The van der Waals surface area contributed by atoms with Crippen LogP contribution in [-0.4, -0.2) is 76.0 Å². The predicted molar refractivity (Wildman–Crippen MR) is 139 cm³/mol. The molecule has 1 saturated heterocycles. The van der Waals surface area contributed by atoms with Crippen LogP contribution < -0.4 is 20.9 Å². The Kier molecular flexibility index (Phi) is 8.93. The number of halogens is 2. The van der Waals surface area contributed by atoms with Crippen molar-refractivity contribution in [1.29, 1.82) is 5.26 Å². The van der Waals surface area contributed by atoms with E-state index < -0.39 is 35.7 Å². The molecule has 0 radical (unpaired) electrons. The van der Waals surface area contributed by atoms with Crippen LogP contribution in [0.3, 0.4) is 0 Å². The monoisotopic (exact) mass is 554 g/mol. The number of hydrogen-bond donors (Lipinski definition) is 3. The van der Waals surface area contributed by atoms with E-state index in [0.717, 1.165) is 29.8 Å². The summed E-state index contributed by atoms with van der Waals surface area (Å²) in [4.78, 5) is 41.8. The molecule has 2 heterocycles. The van der Waals surface area contributed by atoms with Gasteiger partial charge in [0.1, 0.15) is 12.1 Å². The summed E-state index contributed by atoms with van der Waals surface area (Å²) >= 11 is 0. The Labute approximate surface area is 229 Å². The number of para-hydroxylation sites is 1. The van der Waals surface area contributed by atoms with Gasteiger partial charge in [-0.3, -0.25) is 0 Å². The van der Waals surface area contributed by atoms with Gasteiger partial charge >= 0.3 is 18.0 Å². The maximum atomic E-state index is 14.2. The molecule has 0 aliphatic carbocycles. The van der Waals surface area contributed by atoms with Crippen LogP contribution in [0, 0.1) is 23.0 Å². The van der Waals surface area contributed by atoms with Crippen molar-refractivity contribution in [2.75, 3.05) is 51.9 Å². The molecule has 11 nitrogen and oxygen atoms in total. The molecule has 2 aliphatic heterocycles. The van der Waals surface area contributed by atoms with Crippen LogP contribution in [0.4, 0.5) is 24.1 Å². The first-order valence-corrected chi connectivity index (χ1v) is 12.4. The Morgan fingerprint density at radius 1 is 1.12 bits per heavy atom. The minimum Gasteiger partial charge on any atom is -0.466 e. The van der Waals surface area contributed by atoms with Crippen LogP contribution in [0.1, 0.15) is 17.2 Å². The minimum absolute atomic E-state index is 0.0109. The van der Waals surface area contributed by atoms with Crippen LogP contribution in [-0.2, 0) is 14.3 Å². The largest absolute Gasteiger partial charge is 0.466 e. The van der Waals surface area contributed by atoms with Gasteiger partial charge in [0.2, 0.25) is 0 Å². The molecule has 0 bridgehead atoms. The predicted octanol–water partition coefficient (Wildman–Crippen LogP) is 2.16. The summed E-state index contributed by atoms with van der Waals surface area (Å²) in [5.41, 5.74) is 1.32. The zero-order valence-electron chi connectivity index (χ0n) is 21.9. The fraction of sp³-hybridized carbons (Fsp3) is 0.333. The lowest BCUT2D eigenvalue weighted by Crippen LogP contribution is -2.59. The minimum atomic E-state index is -1.41. The molecule has 2 aromatic carbocycles. The van der Waals surface area contributed by atoms with Crippen molar-refractivity contribution in [2.24, 2.45) is 0 Å². The number of carbonyl (C=O) groups is 3. The third-order valence-corrected chi connectivity index (χ3v) is 6.59. The molecule has 3 N–H and O–H groups in total. The highest BCUT2D eigenvalue weighted by Gasteiger charge is 2.43. The van der Waals surface area contributed by atoms with Gasteiger partial charge in [-0.1, -0.05) is 18.2 Å². The number of benzene rings is 2. The van der Waals surface area contributed by atoms with E-state index in [9.17, 15) is 28.4 Å². The molecule has 40 heavy (non-hydrogen) atoms. The quantitative estimate of drug-likeness (QED) is 0.317. The number of nitrogens with zero attached hydrogens (tertiary/aromatic N) is 3. The molecule has 2 aromatic rings. The van der Waals surface area contributed by atoms with Gasteiger partial charge in [-0.15, -0.1) is 0 Å². The molecule has 4 rings (SSSR count). The summed E-state index contributed by atoms with van der Waals surface area (Å²) in [5, 5.41) is 17.7. The SMILES string of the molecule is COCC1=C(C(=O)OC)[C@H](c2ccc(F)c(F)c2)N(C(=O)NCCNC2CN(c3ccccc3C#N)C2)C(=O)N1. The summed E-state index contributed by atoms with van der Waals surface area (Å²) in [6.07, 6.45) is 0. The van der Waals surface area contributed by atoms with Gasteiger partial charge < -0.3 is 30.3 Å². The average Bonchev–Trinajstić information content (AvgIpc) is 2.92. The first-order valence-electron chi connectivity index (χ1n) is 12.4. The highest BCUT2D eigenvalue weighted by Crippen LogP contribution is 2.35. The van der Waals surface area contributed by atoms with E-state index >= 15 is 0 Å². The molecule has 0 saturated carbocycles. The average molecular weight is 555 g/mol. The van der Waals surface area contributed by atoms with Crippen molar-refractivity contribution in [3.63, 3.8) is 0 Å². The molecular weight excluding hydrogens is 526 g/mol. The van der Waals surface area contributed by atoms with Gasteiger partial charge in [-0.05, 0) is 29.8 Å². The summed E-state index contributed by atoms with van der Waals surface area (Å²) < 4.78 is 37.8. The van der Waals surface area contributed by atoms with E-state index in [4.69, 9.17) is 9.47 Å². The van der Waals surface area contributed by atoms with E-state index in [1.807, 2.05) is 18.2 Å². The summed E-state index contributed by atoms with van der Waals surface area (Å²) in [6.45, 7) is 1.64. The third-order valence-electron chi connectivity index (χ3n) is 6.59. The van der Waals surface area contributed by atoms with Crippen molar-refractivity contribution in [3.8, 4) is 6.07 Å². The van der Waals surface area contributed by atoms with E-state index in [1.165, 1.54) is 13.2 Å². The lowest BCUT2D eigenvalue weighted by atomic mass is 9.93. The first kappa shape index (κ1) is 28.5. The van der Waals surface area contributed by atoms with Gasteiger partial charge in [0.15, 0.2) is 11.6 Å². The Morgan fingerprint density at radius 3 is 2.55 bits per heavy atom. The molecule has 1 fully saturated rings. The standard InChI is InChI=1S/C27H28F2N6O5/c1-39-15-21-23(25(36)40-2)24(16-7-8-19(28)20(29)11-16)35(27(38)33-21)26(37)32-10-9-31-18-13-34(14-18)22-6-4-3-5-17(22)12-30/h3-8,11,18,24,31H,9-10,13-15H2,1-2H3,(H,32,37)(H,33,38)/t24-/m0/s1. The van der Waals surface area contributed by atoms with Gasteiger partial charge in [0.25, 0.3) is 0 Å². The van der Waals surface area contributed by atoms with Crippen molar-refractivity contribution in [1.82, 2.24) is 20.9 Å². The third kappa shape index (κ3) is 5.88. The van der Waals surface area contributed by atoms with Crippen molar-refractivity contribution in [2.45, 2.75) is 12.1 Å². The molecular formula is C27H28F2N6O5. The number of carbonyl (C=O) groups excluding carboxylic acids is 3. The number of nitrogens with one attached hydrogen (secondary N) is 3. The molecule has 2 aliphatic rings. The fourth-order valence-electron chi connectivity index (χ4n) is 4.66. The maximum Gasteiger partial charge on any atom is 0.338 e. The Balaban J connectivity index is 1.44.